The lowest BCUT2D eigenvalue weighted by atomic mass is 9.82. The van der Waals surface area contributed by atoms with Crippen LogP contribution in [0, 0.1) is 11.8 Å². The summed E-state index contributed by atoms with van der Waals surface area (Å²) in [7, 11) is 0. The van der Waals surface area contributed by atoms with Gasteiger partial charge in [-0.05, 0) is 31.1 Å². The van der Waals surface area contributed by atoms with E-state index in [1.807, 2.05) is 11.8 Å². The Morgan fingerprint density at radius 2 is 2.31 bits per heavy atom. The van der Waals surface area contributed by atoms with Crippen molar-refractivity contribution in [1.82, 2.24) is 5.32 Å². The highest BCUT2D eigenvalue weighted by atomic mass is 32.2. The molecule has 16 heavy (non-hydrogen) atoms. The van der Waals surface area contributed by atoms with Crippen molar-refractivity contribution in [2.24, 2.45) is 16.8 Å². The maximum absolute atomic E-state index is 4.56. The van der Waals surface area contributed by atoms with Gasteiger partial charge in [0.25, 0.3) is 0 Å². The maximum atomic E-state index is 4.56. The van der Waals surface area contributed by atoms with Crippen LogP contribution >= 0.6 is 11.8 Å². The van der Waals surface area contributed by atoms with E-state index in [-0.39, 0.29) is 0 Å². The second kappa shape index (κ2) is 5.95. The lowest BCUT2D eigenvalue weighted by Crippen LogP contribution is -2.29. The van der Waals surface area contributed by atoms with E-state index >= 15 is 0 Å². The molecule has 0 radical (unpaired) electrons. The fraction of sp³-hybridized carbons (Fsp3) is 0.923. The molecule has 0 aromatic carbocycles. The summed E-state index contributed by atoms with van der Waals surface area (Å²) in [4.78, 5) is 4.56. The van der Waals surface area contributed by atoms with Crippen molar-refractivity contribution >= 4 is 16.9 Å². The third-order valence-corrected chi connectivity index (χ3v) is 5.07. The molecule has 1 aliphatic heterocycles. The zero-order chi connectivity index (χ0) is 11.4. The molecule has 1 aliphatic carbocycles. The van der Waals surface area contributed by atoms with Crippen LogP contribution in [0.5, 0.6) is 0 Å². The standard InChI is InChI=1S/C13H24N2S/c1-3-12-9-15-13(16-12)14-8-11-6-4-5-10(2)7-11/h10-12H,3-9H2,1-2H3,(H,14,15). The molecule has 92 valence electrons. The number of aliphatic imine (C=N–C) groups is 1. The third-order valence-electron chi connectivity index (χ3n) is 3.76. The number of thioether (sulfide) groups is 1. The van der Waals surface area contributed by atoms with Crippen LogP contribution in [0.4, 0.5) is 0 Å². The minimum atomic E-state index is 0.729. The minimum Gasteiger partial charge on any atom is -0.365 e. The highest BCUT2D eigenvalue weighted by Gasteiger charge is 2.21. The van der Waals surface area contributed by atoms with E-state index in [1.54, 1.807) is 0 Å². The van der Waals surface area contributed by atoms with Gasteiger partial charge in [-0.2, -0.15) is 0 Å². The maximum Gasteiger partial charge on any atom is 0.156 e. The molecule has 0 amide bonds. The Balaban J connectivity index is 1.67. The Morgan fingerprint density at radius 1 is 1.44 bits per heavy atom. The van der Waals surface area contributed by atoms with E-state index in [0.29, 0.717) is 0 Å². The van der Waals surface area contributed by atoms with E-state index in [4.69, 9.17) is 0 Å². The summed E-state index contributed by atoms with van der Waals surface area (Å²) < 4.78 is 0. The second-order valence-electron chi connectivity index (χ2n) is 5.31. The van der Waals surface area contributed by atoms with Crippen molar-refractivity contribution in [1.29, 1.82) is 0 Å². The molecular formula is C13H24N2S. The topological polar surface area (TPSA) is 24.4 Å². The second-order valence-corrected chi connectivity index (χ2v) is 6.60. The molecular weight excluding hydrogens is 216 g/mol. The van der Waals surface area contributed by atoms with Crippen LogP contribution in [-0.4, -0.2) is 23.5 Å². The third kappa shape index (κ3) is 3.41. The molecule has 1 saturated carbocycles. The first-order chi connectivity index (χ1) is 7.78. The van der Waals surface area contributed by atoms with Crippen molar-refractivity contribution in [3.05, 3.63) is 0 Å². The molecule has 3 atom stereocenters. The average molecular weight is 240 g/mol. The Labute approximate surface area is 104 Å². The predicted molar refractivity (Wildman–Crippen MR) is 73.1 cm³/mol. The van der Waals surface area contributed by atoms with Gasteiger partial charge >= 0.3 is 0 Å². The SMILES string of the molecule is CCC1CN=C(NCC2CCCC(C)C2)S1. The van der Waals surface area contributed by atoms with Gasteiger partial charge in [0.1, 0.15) is 0 Å². The highest BCUT2D eigenvalue weighted by Crippen LogP contribution is 2.28. The highest BCUT2D eigenvalue weighted by molar-refractivity contribution is 8.14. The first-order valence-electron chi connectivity index (χ1n) is 6.73. The summed E-state index contributed by atoms with van der Waals surface area (Å²) >= 11 is 1.94. The summed E-state index contributed by atoms with van der Waals surface area (Å²) in [6.45, 7) is 6.80. The fourth-order valence-electron chi connectivity index (χ4n) is 2.70. The van der Waals surface area contributed by atoms with Gasteiger partial charge in [0.05, 0.1) is 6.54 Å². The first-order valence-corrected chi connectivity index (χ1v) is 7.61. The van der Waals surface area contributed by atoms with E-state index in [9.17, 15) is 0 Å². The normalized spacial score (nSPS) is 34.9. The molecule has 3 heteroatoms. The zero-order valence-electron chi connectivity index (χ0n) is 10.5. The number of hydrogen-bond acceptors (Lipinski definition) is 3. The smallest absolute Gasteiger partial charge is 0.156 e. The van der Waals surface area contributed by atoms with Crippen LogP contribution in [0.25, 0.3) is 0 Å². The monoisotopic (exact) mass is 240 g/mol. The Kier molecular flexibility index (Phi) is 4.56. The molecule has 0 saturated heterocycles. The number of amidine groups is 1. The van der Waals surface area contributed by atoms with E-state index < -0.39 is 0 Å². The predicted octanol–water partition coefficient (Wildman–Crippen LogP) is 3.28. The number of nitrogens with one attached hydrogen (secondary N) is 1. The number of rotatable bonds is 3. The van der Waals surface area contributed by atoms with Gasteiger partial charge in [-0.25, -0.2) is 0 Å². The molecule has 1 heterocycles. The summed E-state index contributed by atoms with van der Waals surface area (Å²) in [5, 5.41) is 5.48. The van der Waals surface area contributed by atoms with Crippen LogP contribution in [0.2, 0.25) is 0 Å². The first kappa shape index (κ1) is 12.3. The molecule has 0 spiro atoms. The summed E-state index contributed by atoms with van der Waals surface area (Å²) in [5.41, 5.74) is 0. The van der Waals surface area contributed by atoms with E-state index in [0.717, 1.165) is 30.2 Å². The van der Waals surface area contributed by atoms with Gasteiger partial charge in [0.15, 0.2) is 5.17 Å². The lowest BCUT2D eigenvalue weighted by molar-refractivity contribution is 0.283. The lowest BCUT2D eigenvalue weighted by Gasteiger charge is -2.27. The number of hydrogen-bond donors (Lipinski definition) is 1. The van der Waals surface area contributed by atoms with Gasteiger partial charge in [0.2, 0.25) is 0 Å². The van der Waals surface area contributed by atoms with Crippen molar-refractivity contribution in [2.75, 3.05) is 13.1 Å². The Hall–Kier alpha value is -0.180. The van der Waals surface area contributed by atoms with Gasteiger partial charge in [0, 0.05) is 11.8 Å². The van der Waals surface area contributed by atoms with Crippen molar-refractivity contribution < 1.29 is 0 Å². The summed E-state index contributed by atoms with van der Waals surface area (Å²) in [5.74, 6) is 1.81. The molecule has 1 fully saturated rings. The molecule has 3 unspecified atom stereocenters. The van der Waals surface area contributed by atoms with Gasteiger partial charge in [-0.15, -0.1) is 0 Å². The average Bonchev–Trinajstić information content (AvgIpc) is 2.74. The Morgan fingerprint density at radius 3 is 3.00 bits per heavy atom. The summed E-state index contributed by atoms with van der Waals surface area (Å²) in [6.07, 6.45) is 6.91. The van der Waals surface area contributed by atoms with E-state index in [2.05, 4.69) is 24.2 Å². The van der Waals surface area contributed by atoms with Crippen molar-refractivity contribution in [2.45, 2.75) is 51.2 Å². The Bertz CT molecular complexity index is 252. The number of nitrogens with zero attached hydrogens (tertiary/aromatic N) is 1. The van der Waals surface area contributed by atoms with Crippen LogP contribution in [0.3, 0.4) is 0 Å². The van der Waals surface area contributed by atoms with E-state index in [1.165, 1.54) is 37.3 Å². The van der Waals surface area contributed by atoms with Crippen molar-refractivity contribution in [3.63, 3.8) is 0 Å². The molecule has 1 N–H and O–H groups in total. The van der Waals surface area contributed by atoms with Crippen LogP contribution in [0.1, 0.15) is 46.0 Å². The molecule has 0 aromatic rings. The largest absolute Gasteiger partial charge is 0.365 e. The van der Waals surface area contributed by atoms with Gasteiger partial charge < -0.3 is 5.32 Å². The van der Waals surface area contributed by atoms with Gasteiger partial charge in [-0.1, -0.05) is 38.5 Å². The van der Waals surface area contributed by atoms with Crippen molar-refractivity contribution in [3.8, 4) is 0 Å². The zero-order valence-corrected chi connectivity index (χ0v) is 11.4. The quantitative estimate of drug-likeness (QED) is 0.818. The van der Waals surface area contributed by atoms with Gasteiger partial charge in [-0.3, -0.25) is 4.99 Å². The van der Waals surface area contributed by atoms with Crippen LogP contribution in [0.15, 0.2) is 4.99 Å². The molecule has 2 aliphatic rings. The fourth-order valence-corrected chi connectivity index (χ4v) is 3.65. The van der Waals surface area contributed by atoms with Crippen LogP contribution < -0.4 is 5.32 Å². The molecule has 0 bridgehead atoms. The minimum absolute atomic E-state index is 0.729. The summed E-state index contributed by atoms with van der Waals surface area (Å²) in [6, 6.07) is 0. The van der Waals surface area contributed by atoms with Crippen LogP contribution in [-0.2, 0) is 0 Å². The molecule has 2 nitrogen and oxygen atoms in total. The molecule has 2 rings (SSSR count). The molecule has 0 aromatic heterocycles.